The molecule has 1 heteroatoms. The molecule has 0 unspecified atom stereocenters. The van der Waals surface area contributed by atoms with Gasteiger partial charge in [0.05, 0.1) is 0 Å². The second-order valence-corrected chi connectivity index (χ2v) is 10.9. The first-order valence-corrected chi connectivity index (χ1v) is 14.2. The van der Waals surface area contributed by atoms with Gasteiger partial charge in [-0.1, -0.05) is 110 Å². The van der Waals surface area contributed by atoms with Gasteiger partial charge in [-0.3, -0.25) is 0 Å². The third kappa shape index (κ3) is 3.58. The maximum absolute atomic E-state index is 2.38. The Balaban J connectivity index is 1.40. The average Bonchev–Trinajstić information content (AvgIpc) is 3.36. The van der Waals surface area contributed by atoms with Crippen molar-refractivity contribution in [3.63, 3.8) is 0 Å². The summed E-state index contributed by atoms with van der Waals surface area (Å²) in [6, 6.07) is 42.4. The first kappa shape index (κ1) is 23.0. The van der Waals surface area contributed by atoms with Gasteiger partial charge < -0.3 is 0 Å². The summed E-state index contributed by atoms with van der Waals surface area (Å²) in [5.74, 6) is 0. The van der Waals surface area contributed by atoms with Crippen molar-refractivity contribution in [1.82, 2.24) is 0 Å². The van der Waals surface area contributed by atoms with E-state index in [0.29, 0.717) is 0 Å². The number of fused-ring (bicyclic) bond motifs is 7. The van der Waals surface area contributed by atoms with Gasteiger partial charge in [0.25, 0.3) is 0 Å². The van der Waals surface area contributed by atoms with Crippen LogP contribution in [-0.4, -0.2) is 0 Å². The molecule has 1 aromatic heterocycles. The summed E-state index contributed by atoms with van der Waals surface area (Å²) in [4.78, 5) is 1.39. The zero-order chi connectivity index (χ0) is 25.6. The first-order valence-electron chi connectivity index (χ1n) is 13.4. The first-order chi connectivity index (χ1) is 18.8. The Morgan fingerprint density at radius 3 is 1.82 bits per heavy atom. The zero-order valence-corrected chi connectivity index (χ0v) is 22.5. The van der Waals surface area contributed by atoms with Crippen molar-refractivity contribution in [1.29, 1.82) is 0 Å². The maximum atomic E-state index is 2.38. The largest absolute Gasteiger partial charge is 0.135 e. The third-order valence-corrected chi connectivity index (χ3v) is 9.08. The molecule has 0 N–H and O–H groups in total. The number of benzene rings is 6. The molecular weight excluding hydrogens is 476 g/mol. The van der Waals surface area contributed by atoms with E-state index >= 15 is 0 Å². The Morgan fingerprint density at radius 1 is 0.579 bits per heavy atom. The molecule has 0 fully saturated rings. The number of hydrogen-bond donors (Lipinski definition) is 0. The van der Waals surface area contributed by atoms with Crippen LogP contribution >= 0.6 is 11.3 Å². The number of rotatable bonds is 4. The highest BCUT2D eigenvalue weighted by Gasteiger charge is 2.16. The van der Waals surface area contributed by atoms with Crippen LogP contribution in [-0.2, 0) is 6.42 Å². The van der Waals surface area contributed by atoms with Gasteiger partial charge in [0.1, 0.15) is 0 Å². The van der Waals surface area contributed by atoms with E-state index in [1.54, 1.807) is 0 Å². The molecule has 182 valence electrons. The summed E-state index contributed by atoms with van der Waals surface area (Å²) < 4.78 is 1.36. The van der Waals surface area contributed by atoms with E-state index in [2.05, 4.69) is 135 Å². The molecule has 0 aliphatic heterocycles. The minimum atomic E-state index is 1.03. The van der Waals surface area contributed by atoms with Crippen molar-refractivity contribution in [2.24, 2.45) is 0 Å². The Kier molecular flexibility index (Phi) is 5.60. The molecule has 1 heterocycles. The average molecular weight is 505 g/mol. The van der Waals surface area contributed by atoms with Crippen LogP contribution in [0.5, 0.6) is 0 Å². The second-order valence-electron chi connectivity index (χ2n) is 9.89. The van der Waals surface area contributed by atoms with E-state index in [1.165, 1.54) is 75.1 Å². The van der Waals surface area contributed by atoms with E-state index in [-0.39, 0.29) is 0 Å². The van der Waals surface area contributed by atoms with E-state index in [9.17, 15) is 0 Å². The van der Waals surface area contributed by atoms with Crippen molar-refractivity contribution in [3.05, 3.63) is 137 Å². The van der Waals surface area contributed by atoms with Gasteiger partial charge >= 0.3 is 0 Å². The summed E-state index contributed by atoms with van der Waals surface area (Å²) in [7, 11) is 0. The maximum Gasteiger partial charge on any atom is 0.0389 e. The summed E-state index contributed by atoms with van der Waals surface area (Å²) in [5.41, 5.74) is 6.55. The predicted octanol–water partition coefficient (Wildman–Crippen LogP) is 11.0. The standard InChI is InChI=1S/C37H28S/c1-3-27(37-28(4-2)34-18-9-10-19-36(34)38-37)26-13-11-12-24(22-26)25-20-21-33-31-16-6-5-14-29(31)30-15-7-8-17-32(30)35(33)23-25/h3,5-23H,4H2,1-2H3/b27-3-. The minimum Gasteiger partial charge on any atom is -0.135 e. The third-order valence-electron chi connectivity index (χ3n) is 7.84. The lowest BCUT2D eigenvalue weighted by atomic mass is 9.91. The van der Waals surface area contributed by atoms with Crippen molar-refractivity contribution in [3.8, 4) is 11.1 Å². The van der Waals surface area contributed by atoms with Crippen molar-refractivity contribution >= 4 is 59.3 Å². The van der Waals surface area contributed by atoms with Crippen LogP contribution in [0, 0.1) is 0 Å². The van der Waals surface area contributed by atoms with E-state index in [0.717, 1.165) is 6.42 Å². The molecule has 0 aliphatic rings. The molecule has 0 bridgehead atoms. The van der Waals surface area contributed by atoms with Gasteiger partial charge in [-0.25, -0.2) is 0 Å². The minimum absolute atomic E-state index is 1.03. The Bertz CT molecular complexity index is 1980. The van der Waals surface area contributed by atoms with E-state index in [4.69, 9.17) is 0 Å². The molecule has 0 aliphatic carbocycles. The van der Waals surface area contributed by atoms with Crippen molar-refractivity contribution in [2.45, 2.75) is 20.3 Å². The Labute approximate surface area is 227 Å². The zero-order valence-electron chi connectivity index (χ0n) is 21.7. The fraction of sp³-hybridized carbons (Fsp3) is 0.0811. The molecule has 0 spiro atoms. The van der Waals surface area contributed by atoms with Gasteiger partial charge in [-0.2, -0.15) is 0 Å². The number of thiophene rings is 1. The smallest absolute Gasteiger partial charge is 0.0389 e. The van der Waals surface area contributed by atoms with Crippen LogP contribution in [0.25, 0.3) is 59.1 Å². The van der Waals surface area contributed by atoms with Gasteiger partial charge in [-0.05, 0) is 97.1 Å². The Morgan fingerprint density at radius 2 is 1.16 bits per heavy atom. The molecule has 0 saturated heterocycles. The lowest BCUT2D eigenvalue weighted by Crippen LogP contribution is -1.91. The van der Waals surface area contributed by atoms with Crippen LogP contribution in [0.4, 0.5) is 0 Å². The topological polar surface area (TPSA) is 0 Å². The fourth-order valence-electron chi connectivity index (χ4n) is 6.05. The van der Waals surface area contributed by atoms with Crippen molar-refractivity contribution in [2.75, 3.05) is 0 Å². The van der Waals surface area contributed by atoms with E-state index < -0.39 is 0 Å². The lowest BCUT2D eigenvalue weighted by molar-refractivity contribution is 1.16. The monoisotopic (exact) mass is 504 g/mol. The van der Waals surface area contributed by atoms with Crippen molar-refractivity contribution < 1.29 is 0 Å². The molecule has 0 amide bonds. The Hall–Kier alpha value is -4.20. The summed E-state index contributed by atoms with van der Waals surface area (Å²) in [6.45, 7) is 4.43. The predicted molar refractivity (Wildman–Crippen MR) is 168 cm³/mol. The highest BCUT2D eigenvalue weighted by molar-refractivity contribution is 7.20. The normalized spacial score (nSPS) is 12.2. The molecule has 7 rings (SSSR count). The lowest BCUT2D eigenvalue weighted by Gasteiger charge is -2.13. The molecule has 0 atom stereocenters. The second kappa shape index (κ2) is 9.28. The molecular formula is C37H28S. The number of allylic oxidation sites excluding steroid dienone is 1. The quantitative estimate of drug-likeness (QED) is 0.209. The number of aryl methyl sites for hydroxylation is 1. The highest BCUT2D eigenvalue weighted by atomic mass is 32.1. The molecule has 38 heavy (non-hydrogen) atoms. The van der Waals surface area contributed by atoms with Crippen LogP contribution in [0.3, 0.4) is 0 Å². The fourth-order valence-corrected chi connectivity index (χ4v) is 7.44. The molecule has 0 saturated carbocycles. The van der Waals surface area contributed by atoms with Gasteiger partial charge in [-0.15, -0.1) is 11.3 Å². The van der Waals surface area contributed by atoms with E-state index in [1.807, 2.05) is 11.3 Å². The summed E-state index contributed by atoms with van der Waals surface area (Å²) in [6.07, 6.45) is 3.31. The molecule has 0 radical (unpaired) electrons. The van der Waals surface area contributed by atoms with Crippen LogP contribution in [0.1, 0.15) is 29.9 Å². The van der Waals surface area contributed by atoms with Crippen LogP contribution < -0.4 is 0 Å². The van der Waals surface area contributed by atoms with Crippen LogP contribution in [0.15, 0.2) is 121 Å². The van der Waals surface area contributed by atoms with Gasteiger partial charge in [0.15, 0.2) is 0 Å². The van der Waals surface area contributed by atoms with Gasteiger partial charge in [0.2, 0.25) is 0 Å². The summed E-state index contributed by atoms with van der Waals surface area (Å²) in [5, 5.41) is 9.27. The summed E-state index contributed by atoms with van der Waals surface area (Å²) >= 11 is 1.91. The number of hydrogen-bond acceptors (Lipinski definition) is 1. The highest BCUT2D eigenvalue weighted by Crippen LogP contribution is 2.41. The van der Waals surface area contributed by atoms with Crippen LogP contribution in [0.2, 0.25) is 0 Å². The molecule has 0 nitrogen and oxygen atoms in total. The van der Waals surface area contributed by atoms with Gasteiger partial charge in [0, 0.05) is 9.58 Å². The molecule has 6 aromatic carbocycles. The molecule has 7 aromatic rings. The SMILES string of the molecule is C/C=C(/c1cccc(-c2ccc3c4ccccc4c4ccccc4c3c2)c1)c1sc2ccccc2c1CC.